The topological polar surface area (TPSA) is 24.5 Å². The summed E-state index contributed by atoms with van der Waals surface area (Å²) in [7, 11) is 0. The van der Waals surface area contributed by atoms with Crippen LogP contribution in [0.3, 0.4) is 0 Å². The smallest absolute Gasteiger partial charge is 0.406 e. The van der Waals surface area contributed by atoms with Crippen LogP contribution in [0.5, 0.6) is 5.75 Å². The lowest BCUT2D eigenvalue weighted by Crippen LogP contribution is -2.29. The van der Waals surface area contributed by atoms with Crippen molar-refractivity contribution in [3.63, 3.8) is 0 Å². The van der Waals surface area contributed by atoms with Gasteiger partial charge in [-0.2, -0.15) is 0 Å². The van der Waals surface area contributed by atoms with Gasteiger partial charge in [0, 0.05) is 13.1 Å². The average molecular weight is 316 g/mol. The molecular weight excluding hydrogens is 293 g/mol. The number of benzene rings is 1. The van der Waals surface area contributed by atoms with E-state index in [9.17, 15) is 13.2 Å². The second kappa shape index (κ2) is 8.39. The highest BCUT2D eigenvalue weighted by atomic mass is 19.4. The summed E-state index contributed by atoms with van der Waals surface area (Å²) in [5.41, 5.74) is 1.05. The molecule has 1 saturated heterocycles. The molecule has 22 heavy (non-hydrogen) atoms. The number of halogens is 3. The van der Waals surface area contributed by atoms with E-state index in [-0.39, 0.29) is 5.75 Å². The Balaban J connectivity index is 1.66. The fourth-order valence-corrected chi connectivity index (χ4v) is 2.65. The zero-order valence-corrected chi connectivity index (χ0v) is 12.7. The van der Waals surface area contributed by atoms with Gasteiger partial charge in [-0.25, -0.2) is 0 Å². The Kier molecular flexibility index (Phi) is 6.51. The maximum atomic E-state index is 12.1. The summed E-state index contributed by atoms with van der Waals surface area (Å²) in [4.78, 5) is 2.47. The lowest BCUT2D eigenvalue weighted by atomic mass is 10.1. The summed E-state index contributed by atoms with van der Waals surface area (Å²) < 4.78 is 40.1. The van der Waals surface area contributed by atoms with E-state index in [1.54, 1.807) is 12.1 Å². The Labute approximate surface area is 129 Å². The number of hydrogen-bond acceptors (Lipinski definition) is 3. The molecule has 1 aliphatic rings. The Bertz CT molecular complexity index is 426. The van der Waals surface area contributed by atoms with Gasteiger partial charge in [0.05, 0.1) is 0 Å². The molecule has 0 unspecified atom stereocenters. The lowest BCUT2D eigenvalue weighted by molar-refractivity contribution is -0.274. The maximum Gasteiger partial charge on any atom is 0.573 e. The molecule has 1 aliphatic heterocycles. The molecule has 1 aromatic rings. The van der Waals surface area contributed by atoms with E-state index in [1.165, 1.54) is 18.6 Å². The first-order valence-corrected chi connectivity index (χ1v) is 7.81. The fourth-order valence-electron chi connectivity index (χ4n) is 2.65. The van der Waals surface area contributed by atoms with Gasteiger partial charge in [0.15, 0.2) is 0 Å². The molecule has 1 N–H and O–H groups in total. The van der Waals surface area contributed by atoms with Crippen molar-refractivity contribution in [2.24, 2.45) is 0 Å². The van der Waals surface area contributed by atoms with E-state index in [2.05, 4.69) is 15.0 Å². The third kappa shape index (κ3) is 6.66. The SMILES string of the molecule is FC(F)(F)Oc1ccc(CCCCN2CCCNCC2)cc1. The van der Waals surface area contributed by atoms with Crippen molar-refractivity contribution in [2.45, 2.75) is 32.0 Å². The highest BCUT2D eigenvalue weighted by Crippen LogP contribution is 2.23. The molecule has 1 heterocycles. The Hall–Kier alpha value is -1.27. The zero-order chi connectivity index (χ0) is 15.8. The fraction of sp³-hybridized carbons (Fsp3) is 0.625. The molecule has 0 aliphatic carbocycles. The molecule has 0 amide bonds. The highest BCUT2D eigenvalue weighted by Gasteiger charge is 2.30. The highest BCUT2D eigenvalue weighted by molar-refractivity contribution is 5.27. The Morgan fingerprint density at radius 3 is 2.55 bits per heavy atom. The summed E-state index contributed by atoms with van der Waals surface area (Å²) in [5.74, 6) is -0.159. The molecule has 0 atom stereocenters. The second-order valence-electron chi connectivity index (χ2n) is 5.59. The van der Waals surface area contributed by atoms with E-state index < -0.39 is 6.36 Å². The van der Waals surface area contributed by atoms with Crippen LogP contribution in [-0.2, 0) is 6.42 Å². The van der Waals surface area contributed by atoms with E-state index in [4.69, 9.17) is 0 Å². The molecule has 124 valence electrons. The number of alkyl halides is 3. The van der Waals surface area contributed by atoms with Crippen LogP contribution in [0.2, 0.25) is 0 Å². The number of ether oxygens (including phenoxy) is 1. The van der Waals surface area contributed by atoms with E-state index in [0.29, 0.717) is 0 Å². The monoisotopic (exact) mass is 316 g/mol. The van der Waals surface area contributed by atoms with Crippen molar-refractivity contribution in [1.82, 2.24) is 10.2 Å². The molecule has 3 nitrogen and oxygen atoms in total. The standard InChI is InChI=1S/C16H23F3N2O/c17-16(18,19)22-15-7-5-14(6-8-15)4-1-2-11-21-12-3-9-20-10-13-21/h5-8,20H,1-4,9-13H2. The van der Waals surface area contributed by atoms with Gasteiger partial charge in [0.1, 0.15) is 5.75 Å². The Morgan fingerprint density at radius 2 is 1.82 bits per heavy atom. The minimum atomic E-state index is -4.62. The third-order valence-corrected chi connectivity index (χ3v) is 3.78. The molecule has 2 rings (SSSR count). The van der Waals surface area contributed by atoms with Gasteiger partial charge in [-0.05, 0) is 63.0 Å². The van der Waals surface area contributed by atoms with Crippen molar-refractivity contribution in [3.8, 4) is 5.75 Å². The van der Waals surface area contributed by atoms with E-state index in [0.717, 1.165) is 57.5 Å². The van der Waals surface area contributed by atoms with Crippen molar-refractivity contribution < 1.29 is 17.9 Å². The van der Waals surface area contributed by atoms with Crippen LogP contribution in [0.15, 0.2) is 24.3 Å². The average Bonchev–Trinajstić information content (AvgIpc) is 2.72. The minimum absolute atomic E-state index is 0.159. The van der Waals surface area contributed by atoms with Crippen LogP contribution in [0, 0.1) is 0 Å². The lowest BCUT2D eigenvalue weighted by Gasteiger charge is -2.19. The van der Waals surface area contributed by atoms with Crippen LogP contribution < -0.4 is 10.1 Å². The molecule has 0 radical (unpaired) electrons. The van der Waals surface area contributed by atoms with Gasteiger partial charge < -0.3 is 15.0 Å². The number of aryl methyl sites for hydroxylation is 1. The number of nitrogens with one attached hydrogen (secondary N) is 1. The number of hydrogen-bond donors (Lipinski definition) is 1. The summed E-state index contributed by atoms with van der Waals surface area (Å²) in [6.07, 6.45) is -0.382. The van der Waals surface area contributed by atoms with Crippen molar-refractivity contribution in [2.75, 3.05) is 32.7 Å². The molecule has 1 aromatic carbocycles. The predicted molar refractivity (Wildman–Crippen MR) is 80.0 cm³/mol. The second-order valence-corrected chi connectivity index (χ2v) is 5.59. The first-order chi connectivity index (χ1) is 10.5. The Morgan fingerprint density at radius 1 is 1.05 bits per heavy atom. The number of rotatable bonds is 6. The largest absolute Gasteiger partial charge is 0.573 e. The summed E-state index contributed by atoms with van der Waals surface area (Å²) in [5, 5.41) is 3.38. The third-order valence-electron chi connectivity index (χ3n) is 3.78. The first kappa shape index (κ1) is 17.1. The summed E-state index contributed by atoms with van der Waals surface area (Å²) in [6, 6.07) is 6.17. The molecule has 6 heteroatoms. The molecule has 0 bridgehead atoms. The van der Waals surface area contributed by atoms with Gasteiger partial charge in [0.25, 0.3) is 0 Å². The normalized spacial score (nSPS) is 17.2. The number of nitrogens with zero attached hydrogens (tertiary/aromatic N) is 1. The van der Waals surface area contributed by atoms with E-state index in [1.807, 2.05) is 0 Å². The van der Waals surface area contributed by atoms with Crippen molar-refractivity contribution in [1.29, 1.82) is 0 Å². The van der Waals surface area contributed by atoms with Crippen LogP contribution in [-0.4, -0.2) is 44.0 Å². The first-order valence-electron chi connectivity index (χ1n) is 7.81. The van der Waals surface area contributed by atoms with Crippen LogP contribution in [0.1, 0.15) is 24.8 Å². The van der Waals surface area contributed by atoms with E-state index >= 15 is 0 Å². The van der Waals surface area contributed by atoms with Crippen molar-refractivity contribution in [3.05, 3.63) is 29.8 Å². The minimum Gasteiger partial charge on any atom is -0.406 e. The molecular formula is C16H23F3N2O. The predicted octanol–water partition coefficient (Wildman–Crippen LogP) is 3.20. The molecule has 0 saturated carbocycles. The van der Waals surface area contributed by atoms with Gasteiger partial charge in [0.2, 0.25) is 0 Å². The zero-order valence-electron chi connectivity index (χ0n) is 12.7. The maximum absolute atomic E-state index is 12.1. The van der Waals surface area contributed by atoms with Gasteiger partial charge in [-0.3, -0.25) is 0 Å². The van der Waals surface area contributed by atoms with Crippen molar-refractivity contribution >= 4 is 0 Å². The van der Waals surface area contributed by atoms with Gasteiger partial charge in [-0.15, -0.1) is 13.2 Å². The molecule has 1 fully saturated rings. The summed E-state index contributed by atoms with van der Waals surface area (Å²) >= 11 is 0. The molecule has 0 spiro atoms. The number of unbranched alkanes of at least 4 members (excludes halogenated alkanes) is 1. The molecule has 0 aromatic heterocycles. The summed E-state index contributed by atoms with van der Waals surface area (Å²) in [6.45, 7) is 5.50. The van der Waals surface area contributed by atoms with Crippen LogP contribution in [0.4, 0.5) is 13.2 Å². The van der Waals surface area contributed by atoms with Crippen LogP contribution >= 0.6 is 0 Å². The van der Waals surface area contributed by atoms with Gasteiger partial charge in [-0.1, -0.05) is 12.1 Å². The van der Waals surface area contributed by atoms with Gasteiger partial charge >= 0.3 is 6.36 Å². The quantitative estimate of drug-likeness (QED) is 0.816. The van der Waals surface area contributed by atoms with Crippen LogP contribution in [0.25, 0.3) is 0 Å².